The fourth-order valence-electron chi connectivity index (χ4n) is 8.21. The first-order valence-corrected chi connectivity index (χ1v) is 11.2. The van der Waals surface area contributed by atoms with E-state index in [1.807, 2.05) is 6.08 Å². The van der Waals surface area contributed by atoms with Crippen molar-refractivity contribution in [2.45, 2.75) is 91.3 Å². The Kier molecular flexibility index (Phi) is 4.61. The molecule has 4 nitrogen and oxygen atoms in total. The van der Waals surface area contributed by atoms with Crippen LogP contribution in [0.3, 0.4) is 0 Å². The highest BCUT2D eigenvalue weighted by Crippen LogP contribution is 2.69. The molecule has 0 aromatic carbocycles. The van der Waals surface area contributed by atoms with Crippen molar-refractivity contribution >= 4 is 11.8 Å². The molecule has 3 fully saturated rings. The molecule has 4 aliphatic carbocycles. The van der Waals surface area contributed by atoms with Crippen LogP contribution in [0.2, 0.25) is 0 Å². The van der Waals surface area contributed by atoms with Crippen LogP contribution < -0.4 is 0 Å². The van der Waals surface area contributed by atoms with Crippen LogP contribution >= 0.6 is 0 Å². The number of carbonyl (C=O) groups excluding carboxylic acids is 2. The van der Waals surface area contributed by atoms with Gasteiger partial charge in [0, 0.05) is 18.8 Å². The molecule has 4 aliphatic rings. The Morgan fingerprint density at radius 2 is 1.89 bits per heavy atom. The van der Waals surface area contributed by atoms with E-state index < -0.39 is 11.7 Å². The highest BCUT2D eigenvalue weighted by atomic mass is 16.6. The maximum atomic E-state index is 12.1. The van der Waals surface area contributed by atoms with Gasteiger partial charge in [0.1, 0.15) is 5.60 Å². The van der Waals surface area contributed by atoms with Crippen molar-refractivity contribution in [3.63, 3.8) is 0 Å². The van der Waals surface area contributed by atoms with Crippen LogP contribution in [0.5, 0.6) is 0 Å². The number of esters is 1. The molecule has 4 heteroatoms. The van der Waals surface area contributed by atoms with Crippen LogP contribution in [0, 0.1) is 34.5 Å². The number of rotatable bonds is 2. The lowest BCUT2D eigenvalue weighted by Gasteiger charge is -2.61. The zero-order chi connectivity index (χ0) is 20.5. The number of aliphatic hydroxyl groups is 1. The van der Waals surface area contributed by atoms with Gasteiger partial charge in [0.2, 0.25) is 0 Å². The summed E-state index contributed by atoms with van der Waals surface area (Å²) in [5, 5.41) is 10.7. The summed E-state index contributed by atoms with van der Waals surface area (Å²) in [4.78, 5) is 24.1. The van der Waals surface area contributed by atoms with Crippen molar-refractivity contribution in [3.05, 3.63) is 11.6 Å². The van der Waals surface area contributed by atoms with Crippen molar-refractivity contribution in [1.29, 1.82) is 0 Å². The van der Waals surface area contributed by atoms with E-state index in [1.165, 1.54) is 12.5 Å². The van der Waals surface area contributed by atoms with Crippen LogP contribution in [0.4, 0.5) is 0 Å². The van der Waals surface area contributed by atoms with Crippen LogP contribution in [-0.2, 0) is 14.3 Å². The second-order valence-corrected chi connectivity index (χ2v) is 10.7. The summed E-state index contributed by atoms with van der Waals surface area (Å²) in [7, 11) is 0. The lowest BCUT2D eigenvalue weighted by Crippen LogP contribution is -2.60. The molecule has 0 bridgehead atoms. The van der Waals surface area contributed by atoms with Gasteiger partial charge in [-0.2, -0.15) is 0 Å². The van der Waals surface area contributed by atoms with Gasteiger partial charge in [0.25, 0.3) is 0 Å². The quantitative estimate of drug-likeness (QED) is 0.710. The lowest BCUT2D eigenvalue weighted by molar-refractivity contribution is -0.207. The summed E-state index contributed by atoms with van der Waals surface area (Å²) in [5.74, 6) is 2.04. The molecule has 0 amide bonds. The fourth-order valence-corrected chi connectivity index (χ4v) is 8.21. The van der Waals surface area contributed by atoms with Gasteiger partial charge in [-0.25, -0.2) is 0 Å². The normalized spacial score (nSPS) is 48.8. The Bertz CT molecular complexity index is 724. The molecule has 0 aromatic heterocycles. The summed E-state index contributed by atoms with van der Waals surface area (Å²) in [6.07, 6.45) is 7.87. The van der Waals surface area contributed by atoms with Crippen LogP contribution in [0.25, 0.3) is 0 Å². The molecule has 0 aliphatic heterocycles. The molecule has 0 aromatic rings. The van der Waals surface area contributed by atoms with Crippen molar-refractivity contribution in [2.75, 3.05) is 0 Å². The first-order chi connectivity index (χ1) is 13.0. The predicted molar refractivity (Wildman–Crippen MR) is 107 cm³/mol. The smallest absolute Gasteiger partial charge is 0.303 e. The largest absolute Gasteiger partial charge is 0.456 e. The average molecular weight is 389 g/mol. The highest BCUT2D eigenvalue weighted by Gasteiger charge is 2.67. The van der Waals surface area contributed by atoms with E-state index >= 15 is 0 Å². The monoisotopic (exact) mass is 388 g/mol. The van der Waals surface area contributed by atoms with Gasteiger partial charge in [0.05, 0.1) is 6.10 Å². The minimum atomic E-state index is -0.767. The molecule has 8 atom stereocenters. The standard InChI is InChI=1S/C24H36O4/c1-14-12-18-19(22(4)9-6-17(27)13-21(14)22)7-10-23(5)20(18)8-11-24(23,15(2)25)28-16(3)26/h13-15,18-20,25H,6-12H2,1-5H3/t14-,15?,18+,19-,20-,22+,23-,24-/m0/s1. The third kappa shape index (κ3) is 2.52. The Morgan fingerprint density at radius 3 is 2.54 bits per heavy atom. The van der Waals surface area contributed by atoms with Gasteiger partial charge in [-0.3, -0.25) is 9.59 Å². The highest BCUT2D eigenvalue weighted by molar-refractivity contribution is 5.91. The number of hydrogen-bond donors (Lipinski definition) is 1. The van der Waals surface area contributed by atoms with E-state index in [-0.39, 0.29) is 16.8 Å². The van der Waals surface area contributed by atoms with Crippen molar-refractivity contribution in [3.8, 4) is 0 Å². The summed E-state index contributed by atoms with van der Waals surface area (Å²) < 4.78 is 5.94. The second kappa shape index (κ2) is 6.42. The van der Waals surface area contributed by atoms with Gasteiger partial charge in [-0.05, 0) is 80.6 Å². The van der Waals surface area contributed by atoms with Gasteiger partial charge >= 0.3 is 5.97 Å². The lowest BCUT2D eigenvalue weighted by atomic mass is 9.44. The maximum Gasteiger partial charge on any atom is 0.303 e. The molecule has 0 radical (unpaired) electrons. The third-order valence-corrected chi connectivity index (χ3v) is 9.46. The second-order valence-electron chi connectivity index (χ2n) is 10.7. The Hall–Kier alpha value is -1.16. The molecule has 156 valence electrons. The molecule has 1 N–H and O–H groups in total. The first kappa shape index (κ1) is 20.1. The van der Waals surface area contributed by atoms with Crippen molar-refractivity contribution in [1.82, 2.24) is 0 Å². The number of allylic oxidation sites excluding steroid dienone is 1. The molecule has 1 unspecified atom stereocenters. The summed E-state index contributed by atoms with van der Waals surface area (Å²) >= 11 is 0. The van der Waals surface area contributed by atoms with E-state index in [0.29, 0.717) is 35.9 Å². The van der Waals surface area contributed by atoms with Gasteiger partial charge in [0.15, 0.2) is 5.78 Å². The molecular weight excluding hydrogens is 352 g/mol. The van der Waals surface area contributed by atoms with E-state index in [1.54, 1.807) is 6.92 Å². The molecular formula is C24H36O4. The minimum Gasteiger partial charge on any atom is -0.456 e. The zero-order valence-corrected chi connectivity index (χ0v) is 18.1. The Balaban J connectivity index is 1.72. The van der Waals surface area contributed by atoms with Crippen LogP contribution in [0.1, 0.15) is 79.6 Å². The zero-order valence-electron chi connectivity index (χ0n) is 18.1. The topological polar surface area (TPSA) is 63.6 Å². The molecule has 0 saturated heterocycles. The number of fused-ring (bicyclic) bond motifs is 5. The van der Waals surface area contributed by atoms with Crippen LogP contribution in [0.15, 0.2) is 11.6 Å². The Labute approximate surface area is 169 Å². The number of ether oxygens (including phenoxy) is 1. The Morgan fingerprint density at radius 1 is 1.21 bits per heavy atom. The summed E-state index contributed by atoms with van der Waals surface area (Å²) in [6, 6.07) is 0. The maximum absolute atomic E-state index is 12.1. The molecule has 0 spiro atoms. The number of ketones is 1. The third-order valence-electron chi connectivity index (χ3n) is 9.46. The van der Waals surface area contributed by atoms with Crippen LogP contribution in [-0.4, -0.2) is 28.6 Å². The fraction of sp³-hybridized carbons (Fsp3) is 0.833. The predicted octanol–water partition coefficient (Wildman–Crippen LogP) is 4.45. The van der Waals surface area contributed by atoms with E-state index in [0.717, 1.165) is 38.5 Å². The number of hydrogen-bond acceptors (Lipinski definition) is 4. The molecule has 0 heterocycles. The van der Waals surface area contributed by atoms with Gasteiger partial charge in [-0.15, -0.1) is 0 Å². The SMILES string of the molecule is CC(=O)O[C@]1(C(C)O)CC[C@H]2[C@@H]3C[C@H](C)C4=CC(=O)CC[C@]4(C)[C@H]3CC[C@@]21C. The molecule has 3 saturated carbocycles. The summed E-state index contributed by atoms with van der Waals surface area (Å²) in [6.45, 7) is 10.2. The van der Waals surface area contributed by atoms with E-state index in [9.17, 15) is 14.7 Å². The minimum absolute atomic E-state index is 0.120. The molecule has 28 heavy (non-hydrogen) atoms. The van der Waals surface area contributed by atoms with Gasteiger partial charge in [-0.1, -0.05) is 26.3 Å². The van der Waals surface area contributed by atoms with Crippen molar-refractivity contribution < 1.29 is 19.4 Å². The molecule has 4 rings (SSSR count). The van der Waals surface area contributed by atoms with Gasteiger partial charge < -0.3 is 9.84 Å². The van der Waals surface area contributed by atoms with E-state index in [4.69, 9.17) is 4.74 Å². The van der Waals surface area contributed by atoms with E-state index in [2.05, 4.69) is 20.8 Å². The number of carbonyl (C=O) groups is 2. The first-order valence-electron chi connectivity index (χ1n) is 11.2. The average Bonchev–Trinajstić information content (AvgIpc) is 2.90. The summed E-state index contributed by atoms with van der Waals surface area (Å²) in [5.41, 5.74) is 0.552. The van der Waals surface area contributed by atoms with Crippen molar-refractivity contribution in [2.24, 2.45) is 34.5 Å². The number of aliphatic hydroxyl groups excluding tert-OH is 1.